The number of hydrogen-bond donors (Lipinski definition) is 1. The van der Waals surface area contributed by atoms with E-state index in [0.29, 0.717) is 12.0 Å². The molecule has 3 rings (SSSR count). The molecule has 0 atom stereocenters. The van der Waals surface area contributed by atoms with Gasteiger partial charge >= 0.3 is 0 Å². The van der Waals surface area contributed by atoms with Crippen LogP contribution in [0.3, 0.4) is 0 Å². The van der Waals surface area contributed by atoms with Gasteiger partial charge < -0.3 is 15.0 Å². The lowest BCUT2D eigenvalue weighted by molar-refractivity contribution is 0.0317. The molecule has 0 spiro atoms. The zero-order valence-corrected chi connectivity index (χ0v) is 16.0. The maximum Gasteiger partial charge on any atom is 0.110 e. The number of amidine groups is 1. The molecule has 1 aliphatic heterocycles. The highest BCUT2D eigenvalue weighted by Crippen LogP contribution is 2.34. The van der Waals surface area contributed by atoms with Crippen molar-refractivity contribution in [1.29, 1.82) is 0 Å². The number of benzene rings is 1. The van der Waals surface area contributed by atoms with E-state index in [0.717, 1.165) is 67.6 Å². The van der Waals surface area contributed by atoms with Crippen LogP contribution in [0.5, 0.6) is 0 Å². The summed E-state index contributed by atoms with van der Waals surface area (Å²) in [4.78, 5) is 6.95. The van der Waals surface area contributed by atoms with Crippen molar-refractivity contribution < 1.29 is 4.74 Å². The molecule has 1 aliphatic carbocycles. The first kappa shape index (κ1) is 18.4. The maximum absolute atomic E-state index is 6.21. The number of halogens is 1. The van der Waals surface area contributed by atoms with Crippen molar-refractivity contribution in [3.8, 4) is 0 Å². The molecular weight excluding hydrogens is 334 g/mol. The minimum Gasteiger partial charge on any atom is -0.379 e. The third kappa shape index (κ3) is 4.08. The van der Waals surface area contributed by atoms with E-state index in [1.807, 2.05) is 19.2 Å². The molecule has 25 heavy (non-hydrogen) atoms. The van der Waals surface area contributed by atoms with Gasteiger partial charge in [0, 0.05) is 43.4 Å². The molecule has 0 amide bonds. The van der Waals surface area contributed by atoms with Crippen LogP contribution in [0.4, 0.5) is 5.69 Å². The average molecular weight is 362 g/mol. The Labute approximate surface area is 155 Å². The Kier molecular flexibility index (Phi) is 6.15. The molecule has 0 radical (unpaired) electrons. The van der Waals surface area contributed by atoms with Gasteiger partial charge in [-0.25, -0.2) is 0 Å². The summed E-state index contributed by atoms with van der Waals surface area (Å²) in [6.45, 7) is 8.72. The Balaban J connectivity index is 1.86. The summed E-state index contributed by atoms with van der Waals surface area (Å²) in [5.74, 6) is 1.56. The molecule has 1 aromatic carbocycles. The minimum atomic E-state index is 0.402. The molecule has 1 saturated carbocycles. The Morgan fingerprint density at radius 1 is 1.32 bits per heavy atom. The molecule has 2 aliphatic rings. The Bertz CT molecular complexity index is 650. The monoisotopic (exact) mass is 361 g/mol. The predicted octanol–water partition coefficient (Wildman–Crippen LogP) is 4.39. The summed E-state index contributed by atoms with van der Waals surface area (Å²) in [5.41, 5.74) is 3.37. The van der Waals surface area contributed by atoms with E-state index in [1.54, 1.807) is 0 Å². The first-order valence-corrected chi connectivity index (χ1v) is 9.57. The summed E-state index contributed by atoms with van der Waals surface area (Å²) < 4.78 is 5.80. The third-order valence-corrected chi connectivity index (χ3v) is 5.38. The summed E-state index contributed by atoms with van der Waals surface area (Å²) in [7, 11) is 1.89. The van der Waals surface area contributed by atoms with Crippen molar-refractivity contribution >= 4 is 23.1 Å². The van der Waals surface area contributed by atoms with Gasteiger partial charge in [0.05, 0.1) is 11.8 Å². The molecule has 1 heterocycles. The second-order valence-corrected chi connectivity index (χ2v) is 7.23. The molecule has 1 aromatic rings. The van der Waals surface area contributed by atoms with E-state index in [9.17, 15) is 0 Å². The molecule has 1 fully saturated rings. The molecule has 4 nitrogen and oxygen atoms in total. The van der Waals surface area contributed by atoms with E-state index >= 15 is 0 Å². The predicted molar refractivity (Wildman–Crippen MR) is 106 cm³/mol. The highest BCUT2D eigenvalue weighted by Gasteiger charge is 2.31. The molecule has 0 unspecified atom stereocenters. The van der Waals surface area contributed by atoms with Crippen LogP contribution >= 0.6 is 11.6 Å². The zero-order valence-electron chi connectivity index (χ0n) is 15.2. The second-order valence-electron chi connectivity index (χ2n) is 6.79. The molecule has 0 saturated heterocycles. The van der Waals surface area contributed by atoms with Crippen molar-refractivity contribution in [1.82, 2.24) is 5.32 Å². The minimum absolute atomic E-state index is 0.402. The van der Waals surface area contributed by atoms with Crippen LogP contribution in [0, 0.1) is 5.92 Å². The van der Waals surface area contributed by atoms with Crippen molar-refractivity contribution in [3.05, 3.63) is 41.1 Å². The second kappa shape index (κ2) is 8.35. The van der Waals surface area contributed by atoms with Crippen LogP contribution in [0.25, 0.3) is 0 Å². The first-order valence-electron chi connectivity index (χ1n) is 9.19. The fraction of sp³-hybridized carbons (Fsp3) is 0.550. The van der Waals surface area contributed by atoms with E-state index in [2.05, 4.69) is 29.8 Å². The van der Waals surface area contributed by atoms with Crippen LogP contribution in [0.2, 0.25) is 5.02 Å². The number of nitrogens with zero attached hydrogens (tertiary/aromatic N) is 2. The van der Waals surface area contributed by atoms with Crippen LogP contribution in [-0.2, 0) is 11.3 Å². The summed E-state index contributed by atoms with van der Waals surface area (Å²) in [6, 6.07) is 6.08. The summed E-state index contributed by atoms with van der Waals surface area (Å²) in [6.07, 6.45) is 4.82. The first-order chi connectivity index (χ1) is 12.1. The van der Waals surface area contributed by atoms with Crippen molar-refractivity contribution in [2.24, 2.45) is 10.9 Å². The highest BCUT2D eigenvalue weighted by atomic mass is 35.5. The normalized spacial score (nSPS) is 24.8. The number of rotatable bonds is 3. The number of fused-ring (bicyclic) bond motifs is 1. The van der Waals surface area contributed by atoms with Gasteiger partial charge in [-0.3, -0.25) is 4.99 Å². The number of aliphatic imine (C=N–C) groups is 1. The van der Waals surface area contributed by atoms with Gasteiger partial charge in [0.1, 0.15) is 5.84 Å². The highest BCUT2D eigenvalue weighted by molar-refractivity contribution is 6.30. The van der Waals surface area contributed by atoms with Gasteiger partial charge in [-0.2, -0.15) is 0 Å². The Morgan fingerprint density at radius 2 is 2.08 bits per heavy atom. The lowest BCUT2D eigenvalue weighted by atomic mass is 9.85. The van der Waals surface area contributed by atoms with Gasteiger partial charge in [-0.15, -0.1) is 0 Å². The number of hydrogen-bond acceptors (Lipinski definition) is 3. The molecule has 5 heteroatoms. The summed E-state index contributed by atoms with van der Waals surface area (Å²) >= 11 is 6.21. The van der Waals surface area contributed by atoms with E-state index in [-0.39, 0.29) is 0 Å². The van der Waals surface area contributed by atoms with Crippen molar-refractivity contribution in [2.75, 3.05) is 25.1 Å². The molecule has 1 N–H and O–H groups in total. The van der Waals surface area contributed by atoms with Crippen LogP contribution in [0.1, 0.15) is 38.2 Å². The van der Waals surface area contributed by atoms with Gasteiger partial charge in [0.15, 0.2) is 0 Å². The van der Waals surface area contributed by atoms with Gasteiger partial charge in [0.25, 0.3) is 0 Å². The SMILES string of the molecule is C=C1CNCc2cc(Cl)ccc2N1C(=NC)C1CCC(OCC)CC1. The largest absolute Gasteiger partial charge is 0.379 e. The fourth-order valence-corrected chi connectivity index (χ4v) is 4.17. The van der Waals surface area contributed by atoms with Crippen LogP contribution < -0.4 is 10.2 Å². The number of anilines is 1. The zero-order chi connectivity index (χ0) is 17.8. The summed E-state index contributed by atoms with van der Waals surface area (Å²) in [5, 5.41) is 4.21. The molecular formula is C20H28ClN3O. The standard InChI is InChI=1S/C20H28ClN3O/c1-4-25-18-8-5-15(6-9-18)20(22-3)24-14(2)12-23-13-16-11-17(21)7-10-19(16)24/h7,10-11,15,18,23H,2,4-6,8-9,12-13H2,1,3H3. The van der Waals surface area contributed by atoms with Crippen molar-refractivity contribution in [3.63, 3.8) is 0 Å². The van der Waals surface area contributed by atoms with Crippen LogP contribution in [0.15, 0.2) is 35.5 Å². The van der Waals surface area contributed by atoms with E-state index < -0.39 is 0 Å². The number of nitrogens with one attached hydrogen (secondary N) is 1. The quantitative estimate of drug-likeness (QED) is 0.641. The van der Waals surface area contributed by atoms with Gasteiger partial charge in [-0.1, -0.05) is 18.2 Å². The molecule has 0 aromatic heterocycles. The molecule has 136 valence electrons. The van der Waals surface area contributed by atoms with Crippen molar-refractivity contribution in [2.45, 2.75) is 45.3 Å². The lowest BCUT2D eigenvalue weighted by Gasteiger charge is -2.35. The average Bonchev–Trinajstić information content (AvgIpc) is 2.76. The van der Waals surface area contributed by atoms with E-state index in [4.69, 9.17) is 21.3 Å². The third-order valence-electron chi connectivity index (χ3n) is 5.14. The Hall–Kier alpha value is -1.36. The van der Waals surface area contributed by atoms with E-state index in [1.165, 1.54) is 5.56 Å². The Morgan fingerprint density at radius 3 is 2.76 bits per heavy atom. The lowest BCUT2D eigenvalue weighted by Crippen LogP contribution is -2.39. The van der Waals surface area contributed by atoms with Gasteiger partial charge in [-0.05, 0) is 56.4 Å². The molecule has 0 bridgehead atoms. The number of ether oxygens (including phenoxy) is 1. The maximum atomic E-state index is 6.21. The van der Waals surface area contributed by atoms with Gasteiger partial charge in [0.2, 0.25) is 0 Å². The smallest absolute Gasteiger partial charge is 0.110 e. The topological polar surface area (TPSA) is 36.9 Å². The fourth-order valence-electron chi connectivity index (χ4n) is 3.98. The van der Waals surface area contributed by atoms with Crippen LogP contribution in [-0.4, -0.2) is 32.1 Å².